The van der Waals surface area contributed by atoms with Crippen LogP contribution < -0.4 is 5.73 Å². The van der Waals surface area contributed by atoms with Gasteiger partial charge < -0.3 is 15.9 Å². The smallest absolute Gasteiger partial charge is 0.164 e. The molecular weight excluding hydrogens is 373 g/mol. The van der Waals surface area contributed by atoms with Gasteiger partial charge in [0.2, 0.25) is 0 Å². The Hall–Kier alpha value is -3.68. The number of fused-ring (bicyclic) bond motifs is 2. The summed E-state index contributed by atoms with van der Waals surface area (Å²) in [6, 6.07) is 9.07. The van der Waals surface area contributed by atoms with Crippen molar-refractivity contribution >= 4 is 16.9 Å². The van der Waals surface area contributed by atoms with Crippen LogP contribution in [-0.2, 0) is 6.42 Å². The second-order valence-corrected chi connectivity index (χ2v) is 7.20. The number of rotatable bonds is 2. The summed E-state index contributed by atoms with van der Waals surface area (Å²) in [7, 11) is 0. The lowest BCUT2D eigenvalue weighted by atomic mass is 9.87. The van der Waals surface area contributed by atoms with Gasteiger partial charge in [-0.1, -0.05) is 12.1 Å². The number of phenols is 2. The molecule has 146 valence electrons. The van der Waals surface area contributed by atoms with Gasteiger partial charge in [-0.15, -0.1) is 0 Å². The van der Waals surface area contributed by atoms with E-state index in [-0.39, 0.29) is 23.4 Å². The van der Waals surface area contributed by atoms with E-state index in [0.717, 1.165) is 36.5 Å². The fraction of sp³-hybridized carbons (Fsp3) is 0.190. The van der Waals surface area contributed by atoms with Gasteiger partial charge in [0.05, 0.1) is 11.4 Å². The molecule has 0 spiro atoms. The maximum absolute atomic E-state index is 13.9. The molecule has 29 heavy (non-hydrogen) atoms. The number of hydrogen-bond acceptors (Lipinski definition) is 6. The second-order valence-electron chi connectivity index (χ2n) is 7.20. The molecule has 0 fully saturated rings. The highest BCUT2D eigenvalue weighted by molar-refractivity contribution is 5.98. The summed E-state index contributed by atoms with van der Waals surface area (Å²) < 4.78 is 15.7. The molecule has 0 amide bonds. The van der Waals surface area contributed by atoms with Gasteiger partial charge in [0.1, 0.15) is 35.2 Å². The Morgan fingerprint density at radius 3 is 2.83 bits per heavy atom. The van der Waals surface area contributed by atoms with E-state index in [1.165, 1.54) is 18.5 Å². The fourth-order valence-electron chi connectivity index (χ4n) is 4.18. The Kier molecular flexibility index (Phi) is 3.87. The summed E-state index contributed by atoms with van der Waals surface area (Å²) >= 11 is 0. The van der Waals surface area contributed by atoms with Gasteiger partial charge in [-0.3, -0.25) is 0 Å². The van der Waals surface area contributed by atoms with Crippen LogP contribution >= 0.6 is 0 Å². The van der Waals surface area contributed by atoms with Crippen LogP contribution in [0.5, 0.6) is 11.5 Å². The number of benzene rings is 2. The molecule has 4 aromatic rings. The van der Waals surface area contributed by atoms with Crippen molar-refractivity contribution in [2.45, 2.75) is 25.3 Å². The van der Waals surface area contributed by atoms with E-state index in [1.54, 1.807) is 10.7 Å². The summed E-state index contributed by atoms with van der Waals surface area (Å²) in [5.41, 5.74) is 9.33. The number of hydrogen-bond donors (Lipinski definition) is 3. The van der Waals surface area contributed by atoms with Crippen molar-refractivity contribution in [1.82, 2.24) is 19.7 Å². The first-order valence-electron chi connectivity index (χ1n) is 9.32. The quantitative estimate of drug-likeness (QED) is 0.482. The molecule has 0 radical (unpaired) electrons. The molecule has 0 bridgehead atoms. The van der Waals surface area contributed by atoms with Crippen LogP contribution in [0.15, 0.2) is 42.7 Å². The number of aromatic hydroxyl groups is 2. The Bertz CT molecular complexity index is 1230. The van der Waals surface area contributed by atoms with E-state index in [0.29, 0.717) is 22.3 Å². The van der Waals surface area contributed by atoms with Crippen molar-refractivity contribution in [3.63, 3.8) is 0 Å². The zero-order valence-electron chi connectivity index (χ0n) is 15.4. The molecular formula is C21H18FN5O2. The Morgan fingerprint density at radius 2 is 2.00 bits per heavy atom. The highest BCUT2D eigenvalue weighted by Gasteiger charge is 2.28. The van der Waals surface area contributed by atoms with Gasteiger partial charge >= 0.3 is 0 Å². The van der Waals surface area contributed by atoms with Crippen LogP contribution in [0.2, 0.25) is 0 Å². The van der Waals surface area contributed by atoms with Crippen molar-refractivity contribution in [2.75, 3.05) is 5.73 Å². The van der Waals surface area contributed by atoms with Crippen LogP contribution in [0, 0.1) is 5.82 Å². The van der Waals surface area contributed by atoms with Crippen molar-refractivity contribution in [1.29, 1.82) is 0 Å². The topological polar surface area (TPSA) is 110 Å². The molecule has 7 nitrogen and oxygen atoms in total. The first-order valence-corrected chi connectivity index (χ1v) is 9.32. The first kappa shape index (κ1) is 17.4. The lowest BCUT2D eigenvalue weighted by Gasteiger charge is -2.26. The molecule has 2 aromatic carbocycles. The minimum absolute atomic E-state index is 0.154. The van der Waals surface area contributed by atoms with Crippen molar-refractivity contribution in [3.05, 3.63) is 59.7 Å². The largest absolute Gasteiger partial charge is 0.508 e. The molecule has 1 unspecified atom stereocenters. The van der Waals surface area contributed by atoms with E-state index in [1.807, 2.05) is 12.1 Å². The Labute approximate surface area is 165 Å². The number of nitrogens with zero attached hydrogens (tertiary/aromatic N) is 4. The van der Waals surface area contributed by atoms with Crippen LogP contribution in [0.4, 0.5) is 10.2 Å². The van der Waals surface area contributed by atoms with E-state index in [4.69, 9.17) is 10.8 Å². The fourth-order valence-corrected chi connectivity index (χ4v) is 4.18. The molecule has 2 aromatic heterocycles. The molecule has 4 N–H and O–H groups in total. The van der Waals surface area contributed by atoms with Crippen molar-refractivity contribution in [2.24, 2.45) is 0 Å². The molecule has 2 heterocycles. The lowest BCUT2D eigenvalue weighted by molar-refractivity contribution is 0.430. The predicted octanol–water partition coefficient (Wildman–Crippen LogP) is 3.55. The lowest BCUT2D eigenvalue weighted by Crippen LogP contribution is -2.19. The Balaban J connectivity index is 1.78. The molecule has 1 aliphatic carbocycles. The average Bonchev–Trinajstić information content (AvgIpc) is 3.08. The molecule has 0 aliphatic heterocycles. The summed E-state index contributed by atoms with van der Waals surface area (Å²) in [5, 5.41) is 25.4. The third-order valence-electron chi connectivity index (χ3n) is 5.42. The highest BCUT2D eigenvalue weighted by atomic mass is 19.1. The number of phenolic OH excluding ortho intramolecular Hbond substituents is 2. The van der Waals surface area contributed by atoms with Gasteiger partial charge in [-0.05, 0) is 48.6 Å². The molecule has 0 saturated heterocycles. The SMILES string of the molecule is Nc1ncnc2c1c(-c1cc(O)cc(F)c1)nn2C1CCCc2c(O)cccc21. The summed E-state index contributed by atoms with van der Waals surface area (Å²) in [4.78, 5) is 8.47. The van der Waals surface area contributed by atoms with Gasteiger partial charge in [0, 0.05) is 11.6 Å². The monoisotopic (exact) mass is 391 g/mol. The average molecular weight is 391 g/mol. The summed E-state index contributed by atoms with van der Waals surface area (Å²) in [5.74, 6) is -0.280. The predicted molar refractivity (Wildman–Crippen MR) is 106 cm³/mol. The standard InChI is InChI=1S/C21H18FN5O2/c22-12-7-11(8-13(28)9-12)19-18-20(23)24-10-25-21(18)27(26-19)16-5-1-4-15-14(16)3-2-6-17(15)29/h2-3,6-10,16,28-29H,1,4-5H2,(H2,23,24,25). The Morgan fingerprint density at radius 1 is 1.14 bits per heavy atom. The van der Waals surface area contributed by atoms with Crippen molar-refractivity contribution < 1.29 is 14.6 Å². The maximum atomic E-state index is 13.9. The zero-order valence-corrected chi connectivity index (χ0v) is 15.4. The van der Waals surface area contributed by atoms with Crippen LogP contribution in [0.25, 0.3) is 22.3 Å². The molecule has 5 rings (SSSR count). The highest BCUT2D eigenvalue weighted by Crippen LogP contribution is 2.40. The minimum atomic E-state index is -0.578. The van der Waals surface area contributed by atoms with Crippen LogP contribution in [0.3, 0.4) is 0 Å². The normalized spacial score (nSPS) is 16.1. The van der Waals surface area contributed by atoms with Gasteiger partial charge in [-0.25, -0.2) is 19.0 Å². The van der Waals surface area contributed by atoms with E-state index < -0.39 is 5.82 Å². The number of halogens is 1. The van der Waals surface area contributed by atoms with E-state index in [9.17, 15) is 14.6 Å². The first-order chi connectivity index (χ1) is 14.0. The van der Waals surface area contributed by atoms with Crippen LogP contribution in [0.1, 0.15) is 30.0 Å². The number of nitrogens with two attached hydrogens (primary N) is 1. The molecule has 8 heteroatoms. The van der Waals surface area contributed by atoms with Crippen molar-refractivity contribution in [3.8, 4) is 22.8 Å². The maximum Gasteiger partial charge on any atom is 0.164 e. The third-order valence-corrected chi connectivity index (χ3v) is 5.42. The van der Waals surface area contributed by atoms with E-state index in [2.05, 4.69) is 9.97 Å². The van der Waals surface area contributed by atoms with Gasteiger partial charge in [0.15, 0.2) is 5.65 Å². The molecule has 1 aliphatic rings. The second kappa shape index (κ2) is 6.44. The minimum Gasteiger partial charge on any atom is -0.508 e. The number of anilines is 1. The van der Waals surface area contributed by atoms with E-state index >= 15 is 0 Å². The summed E-state index contributed by atoms with van der Waals surface area (Å²) in [6.07, 6.45) is 3.85. The zero-order chi connectivity index (χ0) is 20.1. The van der Waals surface area contributed by atoms with Gasteiger partial charge in [0.25, 0.3) is 0 Å². The van der Waals surface area contributed by atoms with Gasteiger partial charge in [-0.2, -0.15) is 5.10 Å². The summed E-state index contributed by atoms with van der Waals surface area (Å²) in [6.45, 7) is 0. The number of aromatic nitrogens is 4. The van der Waals surface area contributed by atoms with Crippen LogP contribution in [-0.4, -0.2) is 30.0 Å². The third kappa shape index (κ3) is 2.75. The number of nitrogen functional groups attached to an aromatic ring is 1. The molecule has 0 saturated carbocycles. The molecule has 1 atom stereocenters.